The molecular formula is C23H31N5O. The van der Waals surface area contributed by atoms with E-state index in [4.69, 9.17) is 0 Å². The smallest absolute Gasteiger partial charge is 0.113 e. The van der Waals surface area contributed by atoms with Crippen LogP contribution in [0.2, 0.25) is 0 Å². The van der Waals surface area contributed by atoms with Crippen molar-refractivity contribution < 1.29 is 5.11 Å². The predicted molar refractivity (Wildman–Crippen MR) is 117 cm³/mol. The summed E-state index contributed by atoms with van der Waals surface area (Å²) in [5.74, 6) is 0.577. The van der Waals surface area contributed by atoms with Crippen LogP contribution >= 0.6 is 0 Å². The van der Waals surface area contributed by atoms with Crippen LogP contribution in [0.15, 0.2) is 37.7 Å². The number of hydrogen-bond donors (Lipinski definition) is 2. The van der Waals surface area contributed by atoms with Crippen molar-refractivity contribution in [1.29, 1.82) is 5.26 Å². The van der Waals surface area contributed by atoms with Crippen LogP contribution in [-0.4, -0.2) is 46.4 Å². The number of aromatic nitrogens is 2. The lowest BCUT2D eigenvalue weighted by molar-refractivity contribution is 0.112. The molecule has 2 heterocycles. The minimum absolute atomic E-state index is 0.117. The molecule has 1 aromatic carbocycles. The quantitative estimate of drug-likeness (QED) is 0.778. The molecule has 0 bridgehead atoms. The fourth-order valence-electron chi connectivity index (χ4n) is 4.63. The van der Waals surface area contributed by atoms with Gasteiger partial charge in [-0.25, -0.2) is 0 Å². The lowest BCUT2D eigenvalue weighted by atomic mass is 9.90. The Morgan fingerprint density at radius 1 is 1.07 bits per heavy atom. The number of aliphatic hydroxyl groups is 1. The third-order valence-electron chi connectivity index (χ3n) is 5.89. The number of benzene rings is 1. The zero-order valence-corrected chi connectivity index (χ0v) is 17.2. The molecule has 6 nitrogen and oxygen atoms in total. The Hall–Kier alpha value is -2.49. The summed E-state index contributed by atoms with van der Waals surface area (Å²) in [6, 6.07) is 7.02. The van der Waals surface area contributed by atoms with E-state index < -0.39 is 0 Å². The first-order chi connectivity index (χ1) is 14.1. The Morgan fingerprint density at radius 3 is 2.45 bits per heavy atom. The van der Waals surface area contributed by atoms with Gasteiger partial charge in [-0.2, -0.15) is 5.26 Å². The number of nitriles is 1. The molecule has 2 atom stereocenters. The van der Waals surface area contributed by atoms with E-state index in [1.54, 1.807) is 12.4 Å². The van der Waals surface area contributed by atoms with Crippen LogP contribution in [0, 0.1) is 17.2 Å². The van der Waals surface area contributed by atoms with E-state index in [1.165, 1.54) is 0 Å². The summed E-state index contributed by atoms with van der Waals surface area (Å²) in [6.07, 6.45) is 8.30. The number of fused-ring (bicyclic) bond motifs is 1. The number of anilines is 1. The molecule has 1 aliphatic heterocycles. The summed E-state index contributed by atoms with van der Waals surface area (Å²) >= 11 is 0. The van der Waals surface area contributed by atoms with E-state index in [-0.39, 0.29) is 6.10 Å². The fourth-order valence-corrected chi connectivity index (χ4v) is 4.63. The molecule has 2 fully saturated rings. The molecule has 1 aromatic heterocycles. The normalized spacial score (nSPS) is 27.0. The van der Waals surface area contributed by atoms with Crippen molar-refractivity contribution >= 4 is 16.7 Å². The molecule has 1 saturated carbocycles. The third-order valence-corrected chi connectivity index (χ3v) is 5.89. The van der Waals surface area contributed by atoms with Gasteiger partial charge in [0.1, 0.15) is 17.1 Å². The second-order valence-electron chi connectivity index (χ2n) is 8.11. The minimum atomic E-state index is -0.117. The zero-order valence-electron chi connectivity index (χ0n) is 17.2. The number of nitrogens with one attached hydrogen (secondary N) is 1. The van der Waals surface area contributed by atoms with Crippen LogP contribution in [0.25, 0.3) is 11.0 Å². The highest BCUT2D eigenvalue weighted by Crippen LogP contribution is 2.30. The molecule has 2 aliphatic rings. The molecule has 154 valence electrons. The summed E-state index contributed by atoms with van der Waals surface area (Å²) in [5.41, 5.74) is 3.13. The van der Waals surface area contributed by atoms with Gasteiger partial charge in [0.15, 0.2) is 0 Å². The van der Waals surface area contributed by atoms with Crippen molar-refractivity contribution in [2.24, 2.45) is 5.92 Å². The highest BCUT2D eigenvalue weighted by atomic mass is 16.3. The number of piperidine rings is 1. The van der Waals surface area contributed by atoms with Gasteiger partial charge >= 0.3 is 0 Å². The van der Waals surface area contributed by atoms with Crippen LogP contribution < -0.4 is 10.2 Å². The van der Waals surface area contributed by atoms with E-state index >= 15 is 0 Å². The van der Waals surface area contributed by atoms with Crippen molar-refractivity contribution in [3.05, 3.63) is 43.2 Å². The van der Waals surface area contributed by atoms with Crippen molar-refractivity contribution in [3.63, 3.8) is 0 Å². The summed E-state index contributed by atoms with van der Waals surface area (Å²) in [7, 11) is 0. The summed E-state index contributed by atoms with van der Waals surface area (Å²) in [6.45, 7) is 10.2. The molecule has 0 amide bonds. The van der Waals surface area contributed by atoms with Crippen molar-refractivity contribution in [1.82, 2.24) is 15.3 Å². The summed E-state index contributed by atoms with van der Waals surface area (Å²) < 4.78 is 0. The molecule has 2 N–H and O–H groups in total. The van der Waals surface area contributed by atoms with Crippen molar-refractivity contribution in [3.8, 4) is 6.07 Å². The maximum Gasteiger partial charge on any atom is 0.113 e. The Bertz CT molecular complexity index is 856. The molecule has 2 unspecified atom stereocenters. The molecule has 1 saturated heterocycles. The SMILES string of the molecule is C=C.CC1CC(NC2CCC(O)CC2)CN(c2ccc(C#N)c3nccnc23)C1. The monoisotopic (exact) mass is 393 g/mol. The van der Waals surface area contributed by atoms with Crippen LogP contribution in [0.4, 0.5) is 5.69 Å². The number of aliphatic hydroxyl groups excluding tert-OH is 1. The summed E-state index contributed by atoms with van der Waals surface area (Å²) in [5, 5.41) is 22.9. The number of hydrogen-bond acceptors (Lipinski definition) is 6. The number of nitrogens with zero attached hydrogens (tertiary/aromatic N) is 4. The Balaban J connectivity index is 0.00000117. The first-order valence-corrected chi connectivity index (χ1v) is 10.5. The number of rotatable bonds is 3. The highest BCUT2D eigenvalue weighted by molar-refractivity contribution is 5.92. The summed E-state index contributed by atoms with van der Waals surface area (Å²) in [4.78, 5) is 11.3. The topological polar surface area (TPSA) is 85.1 Å². The van der Waals surface area contributed by atoms with Gasteiger partial charge in [-0.1, -0.05) is 6.92 Å². The molecular weight excluding hydrogens is 362 g/mol. The van der Waals surface area contributed by atoms with E-state index in [0.29, 0.717) is 29.1 Å². The lowest BCUT2D eigenvalue weighted by Gasteiger charge is -2.41. The van der Waals surface area contributed by atoms with Crippen molar-refractivity contribution in [2.45, 2.75) is 57.2 Å². The first-order valence-electron chi connectivity index (χ1n) is 10.5. The van der Waals surface area contributed by atoms with Gasteiger partial charge in [-0.05, 0) is 50.2 Å². The van der Waals surface area contributed by atoms with Gasteiger partial charge in [0.25, 0.3) is 0 Å². The van der Waals surface area contributed by atoms with Crippen LogP contribution in [0.5, 0.6) is 0 Å². The Morgan fingerprint density at radius 2 is 1.76 bits per heavy atom. The van der Waals surface area contributed by atoms with Crippen LogP contribution in [0.3, 0.4) is 0 Å². The highest BCUT2D eigenvalue weighted by Gasteiger charge is 2.29. The van der Waals surface area contributed by atoms with E-state index in [1.807, 2.05) is 12.1 Å². The molecule has 2 aromatic rings. The van der Waals surface area contributed by atoms with E-state index in [0.717, 1.165) is 56.4 Å². The second-order valence-corrected chi connectivity index (χ2v) is 8.11. The molecule has 1 aliphatic carbocycles. The second kappa shape index (κ2) is 9.82. The molecule has 6 heteroatoms. The molecule has 0 radical (unpaired) electrons. The lowest BCUT2D eigenvalue weighted by Crippen LogP contribution is -2.52. The van der Waals surface area contributed by atoms with Gasteiger partial charge in [-0.15, -0.1) is 13.2 Å². The average Bonchev–Trinajstić information content (AvgIpc) is 2.75. The maximum atomic E-state index is 9.74. The Kier molecular flexibility index (Phi) is 7.18. The fraction of sp³-hybridized carbons (Fsp3) is 0.522. The largest absolute Gasteiger partial charge is 0.393 e. The first kappa shape index (κ1) is 21.2. The third kappa shape index (κ3) is 4.92. The van der Waals surface area contributed by atoms with E-state index in [9.17, 15) is 10.4 Å². The maximum absolute atomic E-state index is 9.74. The predicted octanol–water partition coefficient (Wildman–Crippen LogP) is 3.41. The standard InChI is InChI=1S/C21H27N5O.C2H4/c1-14-10-17(25-16-3-5-18(27)6-4-16)13-26(12-14)19-7-2-15(11-22)20-21(19)24-9-8-23-20;1-2/h2,7-9,14,16-18,25,27H,3-6,10,12-13H2,1H3;1-2H2. The van der Waals surface area contributed by atoms with Gasteiger partial charge in [0.2, 0.25) is 0 Å². The van der Waals surface area contributed by atoms with Crippen LogP contribution in [-0.2, 0) is 0 Å². The molecule has 0 spiro atoms. The van der Waals surface area contributed by atoms with Gasteiger partial charge in [0.05, 0.1) is 17.4 Å². The molecule has 4 rings (SSSR count). The van der Waals surface area contributed by atoms with Gasteiger partial charge < -0.3 is 15.3 Å². The van der Waals surface area contributed by atoms with E-state index in [2.05, 4.69) is 46.3 Å². The van der Waals surface area contributed by atoms with Gasteiger partial charge in [0, 0.05) is 37.6 Å². The van der Waals surface area contributed by atoms with Gasteiger partial charge in [-0.3, -0.25) is 9.97 Å². The van der Waals surface area contributed by atoms with Crippen molar-refractivity contribution in [2.75, 3.05) is 18.0 Å². The molecule has 29 heavy (non-hydrogen) atoms. The zero-order chi connectivity index (χ0) is 20.8. The van der Waals surface area contributed by atoms with Crippen LogP contribution in [0.1, 0.15) is 44.6 Å². The Labute approximate surface area is 173 Å². The minimum Gasteiger partial charge on any atom is -0.393 e. The average molecular weight is 394 g/mol.